The molecule has 0 saturated carbocycles. The summed E-state index contributed by atoms with van der Waals surface area (Å²) >= 11 is 0. The zero-order chi connectivity index (χ0) is 37.9. The van der Waals surface area contributed by atoms with Crippen LogP contribution in [0.5, 0.6) is 0 Å². The van der Waals surface area contributed by atoms with Gasteiger partial charge in [-0.2, -0.15) is 0 Å². The lowest BCUT2D eigenvalue weighted by Crippen LogP contribution is -2.10. The molecule has 2 aliphatic rings. The van der Waals surface area contributed by atoms with Crippen LogP contribution in [0.4, 0.5) is 17.1 Å². The first-order chi connectivity index (χ1) is 28.8. The maximum absolute atomic E-state index is 6.29. The molecule has 3 nitrogen and oxygen atoms in total. The molecule has 1 atom stereocenters. The van der Waals surface area contributed by atoms with Crippen molar-refractivity contribution in [2.45, 2.75) is 5.92 Å². The molecule has 13 rings (SSSR count). The number of para-hydroxylation sites is 3. The van der Waals surface area contributed by atoms with E-state index in [2.05, 4.69) is 198 Å². The van der Waals surface area contributed by atoms with Crippen molar-refractivity contribution in [3.8, 4) is 39.1 Å². The number of furan rings is 1. The lowest BCUT2D eigenvalue weighted by molar-refractivity contribution is 0.669. The molecule has 0 aliphatic heterocycles. The fourth-order valence-electron chi connectivity index (χ4n) is 10.2. The van der Waals surface area contributed by atoms with Crippen molar-refractivity contribution in [2.75, 3.05) is 4.90 Å². The minimum atomic E-state index is 0.280. The SMILES string of the molecule is c1cc(N(c2ccc(-c3ccc4c5c3-c3ccccc3C5c3ccccc3-4)cc2)c2ccc3oc4ccccc4c3c2)cc(-n2c3ccccc3c3ccccc32)c1. The molecule has 0 N–H and O–H groups in total. The maximum Gasteiger partial charge on any atom is 0.135 e. The van der Waals surface area contributed by atoms with Crippen molar-refractivity contribution < 1.29 is 4.42 Å². The Labute approximate surface area is 335 Å². The molecule has 270 valence electrons. The monoisotopic (exact) mass is 738 g/mol. The molecule has 11 aromatic rings. The van der Waals surface area contributed by atoms with Crippen LogP contribution in [0.3, 0.4) is 0 Å². The fourth-order valence-corrected chi connectivity index (χ4v) is 10.2. The summed E-state index contributed by atoms with van der Waals surface area (Å²) in [6.07, 6.45) is 0. The average molecular weight is 739 g/mol. The van der Waals surface area contributed by atoms with Gasteiger partial charge < -0.3 is 13.9 Å². The third-order valence-corrected chi connectivity index (χ3v) is 12.6. The van der Waals surface area contributed by atoms with Crippen LogP contribution in [0.15, 0.2) is 205 Å². The molecule has 2 heterocycles. The van der Waals surface area contributed by atoms with Gasteiger partial charge in [-0.1, -0.05) is 133 Å². The summed E-state index contributed by atoms with van der Waals surface area (Å²) < 4.78 is 8.69. The summed E-state index contributed by atoms with van der Waals surface area (Å²) in [4.78, 5) is 2.38. The zero-order valence-electron chi connectivity index (χ0n) is 31.4. The molecule has 2 aromatic heterocycles. The Kier molecular flexibility index (Phi) is 6.50. The van der Waals surface area contributed by atoms with E-state index in [1.54, 1.807) is 0 Å². The second-order valence-electron chi connectivity index (χ2n) is 15.6. The highest BCUT2D eigenvalue weighted by Gasteiger charge is 2.39. The number of hydrogen-bond donors (Lipinski definition) is 0. The Hall–Kier alpha value is -7.62. The van der Waals surface area contributed by atoms with Crippen molar-refractivity contribution in [1.82, 2.24) is 4.57 Å². The Bertz CT molecular complexity index is 3420. The molecule has 0 saturated heterocycles. The van der Waals surface area contributed by atoms with E-state index < -0.39 is 0 Å². The summed E-state index contributed by atoms with van der Waals surface area (Å²) in [7, 11) is 0. The van der Waals surface area contributed by atoms with Crippen LogP contribution < -0.4 is 4.90 Å². The van der Waals surface area contributed by atoms with Gasteiger partial charge in [0.25, 0.3) is 0 Å². The van der Waals surface area contributed by atoms with E-state index in [4.69, 9.17) is 4.42 Å². The van der Waals surface area contributed by atoms with Crippen molar-refractivity contribution in [3.63, 3.8) is 0 Å². The molecule has 0 amide bonds. The molecule has 3 heteroatoms. The van der Waals surface area contributed by atoms with E-state index in [1.807, 2.05) is 12.1 Å². The van der Waals surface area contributed by atoms with Gasteiger partial charge in [0.2, 0.25) is 0 Å². The van der Waals surface area contributed by atoms with E-state index in [0.717, 1.165) is 44.7 Å². The molecule has 1 unspecified atom stereocenters. The second-order valence-corrected chi connectivity index (χ2v) is 15.6. The molecular formula is C55H34N2O. The van der Waals surface area contributed by atoms with Crippen LogP contribution in [0, 0.1) is 0 Å². The van der Waals surface area contributed by atoms with Gasteiger partial charge >= 0.3 is 0 Å². The topological polar surface area (TPSA) is 21.3 Å². The first-order valence-electron chi connectivity index (χ1n) is 20.0. The van der Waals surface area contributed by atoms with E-state index in [-0.39, 0.29) is 5.92 Å². The van der Waals surface area contributed by atoms with Crippen LogP contribution in [-0.2, 0) is 0 Å². The Morgan fingerprint density at radius 2 is 1.00 bits per heavy atom. The van der Waals surface area contributed by atoms with Gasteiger partial charge in [0.15, 0.2) is 0 Å². The van der Waals surface area contributed by atoms with Gasteiger partial charge in [0, 0.05) is 50.2 Å². The summed E-state index contributed by atoms with van der Waals surface area (Å²) in [6.45, 7) is 0. The van der Waals surface area contributed by atoms with Crippen LogP contribution in [0.1, 0.15) is 22.6 Å². The van der Waals surface area contributed by atoms with Crippen LogP contribution in [0.25, 0.3) is 82.8 Å². The predicted molar refractivity (Wildman–Crippen MR) is 240 cm³/mol. The summed E-state index contributed by atoms with van der Waals surface area (Å²) in [5.41, 5.74) is 20.7. The van der Waals surface area contributed by atoms with Crippen molar-refractivity contribution in [3.05, 3.63) is 217 Å². The molecular weight excluding hydrogens is 705 g/mol. The van der Waals surface area contributed by atoms with E-state index >= 15 is 0 Å². The lowest BCUT2D eigenvalue weighted by atomic mass is 9.91. The number of nitrogens with zero attached hydrogens (tertiary/aromatic N) is 2. The van der Waals surface area contributed by atoms with E-state index in [0.29, 0.717) is 0 Å². The van der Waals surface area contributed by atoms with E-state index in [1.165, 1.54) is 71.9 Å². The van der Waals surface area contributed by atoms with Crippen LogP contribution in [0.2, 0.25) is 0 Å². The van der Waals surface area contributed by atoms with Gasteiger partial charge in [0.05, 0.1) is 11.0 Å². The second kappa shape index (κ2) is 11.9. The Morgan fingerprint density at radius 1 is 0.397 bits per heavy atom. The predicted octanol–water partition coefficient (Wildman–Crippen LogP) is 15.0. The van der Waals surface area contributed by atoms with Crippen molar-refractivity contribution in [1.29, 1.82) is 0 Å². The molecule has 0 spiro atoms. The maximum atomic E-state index is 6.29. The molecule has 0 fully saturated rings. The van der Waals surface area contributed by atoms with Crippen LogP contribution >= 0.6 is 0 Å². The number of aromatic nitrogens is 1. The standard InChI is InChI=1S/C55H34N2O/c1-2-18-44-40(14-1)47-30-29-39(53-45-19-3-4-20-46(45)54(44)55(47)53)34-24-26-35(27-25-34)56(38-28-31-52-48(33-38)43-17-7-10-23-51(43)58-52)36-12-11-13-37(32-36)57-49-21-8-5-15-41(49)42-16-6-9-22-50(42)57/h1-33,54H. The number of rotatable bonds is 5. The average Bonchev–Trinajstić information content (AvgIpc) is 4.03. The molecule has 2 aliphatic carbocycles. The van der Waals surface area contributed by atoms with Crippen LogP contribution in [-0.4, -0.2) is 4.57 Å². The minimum Gasteiger partial charge on any atom is -0.456 e. The molecule has 9 aromatic carbocycles. The Morgan fingerprint density at radius 3 is 1.79 bits per heavy atom. The quantitative estimate of drug-likeness (QED) is 0.175. The summed E-state index contributed by atoms with van der Waals surface area (Å²) in [6, 6.07) is 73.1. The number of hydrogen-bond acceptors (Lipinski definition) is 2. The molecule has 0 radical (unpaired) electrons. The summed E-state index contributed by atoms with van der Waals surface area (Å²) in [5.74, 6) is 0.280. The highest BCUT2D eigenvalue weighted by molar-refractivity contribution is 6.10. The highest BCUT2D eigenvalue weighted by atomic mass is 16.3. The van der Waals surface area contributed by atoms with Crippen molar-refractivity contribution in [2.24, 2.45) is 0 Å². The largest absolute Gasteiger partial charge is 0.456 e. The molecule has 58 heavy (non-hydrogen) atoms. The van der Waals surface area contributed by atoms with Gasteiger partial charge in [-0.15, -0.1) is 0 Å². The number of benzene rings is 9. The normalized spacial score (nSPS) is 13.7. The zero-order valence-corrected chi connectivity index (χ0v) is 31.4. The van der Waals surface area contributed by atoms with Gasteiger partial charge in [-0.25, -0.2) is 0 Å². The third-order valence-electron chi connectivity index (χ3n) is 12.6. The Balaban J connectivity index is 0.985. The van der Waals surface area contributed by atoms with Gasteiger partial charge in [0.1, 0.15) is 11.2 Å². The van der Waals surface area contributed by atoms with Gasteiger partial charge in [-0.3, -0.25) is 0 Å². The highest BCUT2D eigenvalue weighted by Crippen LogP contribution is 2.60. The first-order valence-corrected chi connectivity index (χ1v) is 20.0. The third kappa shape index (κ3) is 4.38. The molecule has 0 bridgehead atoms. The van der Waals surface area contributed by atoms with Crippen molar-refractivity contribution >= 4 is 60.8 Å². The summed E-state index contributed by atoms with van der Waals surface area (Å²) in [5, 5.41) is 4.72. The van der Waals surface area contributed by atoms with E-state index in [9.17, 15) is 0 Å². The van der Waals surface area contributed by atoms with Gasteiger partial charge in [-0.05, 0) is 117 Å². The number of anilines is 3. The lowest BCUT2D eigenvalue weighted by Gasteiger charge is -2.26. The number of fused-ring (bicyclic) bond motifs is 12. The minimum absolute atomic E-state index is 0.280. The first kappa shape index (κ1) is 31.6. The fraction of sp³-hybridized carbons (Fsp3) is 0.0182. The smallest absolute Gasteiger partial charge is 0.135 e.